The molecule has 2 aromatic heterocycles. The summed E-state index contributed by atoms with van der Waals surface area (Å²) in [6.45, 7) is 6.70. The summed E-state index contributed by atoms with van der Waals surface area (Å²) in [6.07, 6.45) is 0. The summed E-state index contributed by atoms with van der Waals surface area (Å²) in [7, 11) is -3.84. The number of aromatic nitrogens is 4. The third-order valence-electron chi connectivity index (χ3n) is 5.01. The highest BCUT2D eigenvalue weighted by Crippen LogP contribution is 2.28. The summed E-state index contributed by atoms with van der Waals surface area (Å²) in [5.74, 6) is 0.467. The van der Waals surface area contributed by atoms with Crippen molar-refractivity contribution in [3.05, 3.63) is 53.7 Å². The van der Waals surface area contributed by atoms with Crippen molar-refractivity contribution in [1.29, 1.82) is 0 Å². The zero-order valence-corrected chi connectivity index (χ0v) is 18.0. The zero-order valence-electron chi connectivity index (χ0n) is 17.2. The molecule has 4 rings (SSSR count). The highest BCUT2D eigenvalue weighted by molar-refractivity contribution is 7.89. The first-order chi connectivity index (χ1) is 14.1. The Hall–Kier alpha value is -2.88. The van der Waals surface area contributed by atoms with Gasteiger partial charge < -0.3 is 5.11 Å². The van der Waals surface area contributed by atoms with E-state index in [9.17, 15) is 13.5 Å². The average Bonchev–Trinajstić information content (AvgIpc) is 3.11. The SMILES string of the molecule is Cc1ccc(S(=O)(=O)NC(C)(C)CO)cc1-c1nnc2c3ccccc3c(C)nn12. The van der Waals surface area contributed by atoms with Crippen molar-refractivity contribution in [1.82, 2.24) is 24.5 Å². The molecule has 0 aliphatic heterocycles. The second kappa shape index (κ2) is 7.12. The lowest BCUT2D eigenvalue weighted by Crippen LogP contribution is -2.46. The zero-order chi connectivity index (χ0) is 21.7. The van der Waals surface area contributed by atoms with Crippen molar-refractivity contribution in [2.24, 2.45) is 0 Å². The third kappa shape index (κ3) is 3.45. The van der Waals surface area contributed by atoms with Crippen molar-refractivity contribution in [2.75, 3.05) is 6.61 Å². The second-order valence-electron chi connectivity index (χ2n) is 8.01. The number of hydrogen-bond acceptors (Lipinski definition) is 6. The average molecular weight is 426 g/mol. The maximum Gasteiger partial charge on any atom is 0.241 e. The smallest absolute Gasteiger partial charge is 0.241 e. The monoisotopic (exact) mass is 425 g/mol. The Morgan fingerprint density at radius 2 is 1.77 bits per heavy atom. The van der Waals surface area contributed by atoms with Crippen LogP contribution in [0.25, 0.3) is 27.8 Å². The van der Waals surface area contributed by atoms with Gasteiger partial charge in [-0.15, -0.1) is 10.2 Å². The lowest BCUT2D eigenvalue weighted by molar-refractivity contribution is 0.208. The molecule has 0 aliphatic carbocycles. The molecule has 2 aromatic carbocycles. The van der Waals surface area contributed by atoms with E-state index in [0.29, 0.717) is 17.0 Å². The second-order valence-corrected chi connectivity index (χ2v) is 9.70. The molecule has 8 nitrogen and oxygen atoms in total. The Bertz CT molecular complexity index is 1380. The number of aliphatic hydroxyl groups is 1. The van der Waals surface area contributed by atoms with Crippen LogP contribution >= 0.6 is 0 Å². The van der Waals surface area contributed by atoms with Crippen LogP contribution in [0.2, 0.25) is 0 Å². The van der Waals surface area contributed by atoms with E-state index < -0.39 is 15.6 Å². The number of aliphatic hydroxyl groups excluding tert-OH is 1. The molecule has 0 saturated heterocycles. The minimum absolute atomic E-state index is 0.0823. The van der Waals surface area contributed by atoms with Gasteiger partial charge in [0.15, 0.2) is 11.5 Å². The Labute approximate surface area is 174 Å². The number of benzene rings is 2. The number of sulfonamides is 1. The quantitative estimate of drug-likeness (QED) is 0.509. The molecule has 0 spiro atoms. The fourth-order valence-corrected chi connectivity index (χ4v) is 4.80. The molecular formula is C21H23N5O3S. The Morgan fingerprint density at radius 3 is 2.47 bits per heavy atom. The molecular weight excluding hydrogens is 402 g/mol. The van der Waals surface area contributed by atoms with Crippen molar-refractivity contribution in [2.45, 2.75) is 38.1 Å². The van der Waals surface area contributed by atoms with Gasteiger partial charge in [-0.2, -0.15) is 9.61 Å². The Kier molecular flexibility index (Phi) is 4.84. The lowest BCUT2D eigenvalue weighted by Gasteiger charge is -2.23. The molecule has 156 valence electrons. The molecule has 9 heteroatoms. The molecule has 0 unspecified atom stereocenters. The standard InChI is InChI=1S/C21H23N5O3S/c1-13-9-10-15(30(28,29)25-21(3,4)12-27)11-18(13)20-23-22-19-17-8-6-5-7-16(17)14(2)24-26(19)20/h5-11,25,27H,12H2,1-4H3. The Balaban J connectivity index is 1.90. The molecule has 2 heterocycles. The molecule has 30 heavy (non-hydrogen) atoms. The molecule has 0 atom stereocenters. The first-order valence-electron chi connectivity index (χ1n) is 9.49. The van der Waals surface area contributed by atoms with Gasteiger partial charge in [-0.1, -0.05) is 30.3 Å². The molecule has 0 aliphatic rings. The fraction of sp³-hybridized carbons (Fsp3) is 0.286. The number of fused-ring (bicyclic) bond motifs is 3. The van der Waals surface area contributed by atoms with E-state index in [0.717, 1.165) is 22.0 Å². The first-order valence-corrected chi connectivity index (χ1v) is 11.0. The van der Waals surface area contributed by atoms with Gasteiger partial charge >= 0.3 is 0 Å². The van der Waals surface area contributed by atoms with Gasteiger partial charge in [-0.3, -0.25) is 0 Å². The molecule has 0 saturated carbocycles. The number of aryl methyl sites for hydroxylation is 2. The normalized spacial score (nSPS) is 12.7. The summed E-state index contributed by atoms with van der Waals surface area (Å²) in [6, 6.07) is 12.7. The van der Waals surface area contributed by atoms with Gasteiger partial charge in [0, 0.05) is 16.3 Å². The highest BCUT2D eigenvalue weighted by Gasteiger charge is 2.26. The van der Waals surface area contributed by atoms with Gasteiger partial charge in [0.1, 0.15) is 0 Å². The molecule has 2 N–H and O–H groups in total. The van der Waals surface area contributed by atoms with E-state index in [1.165, 1.54) is 6.07 Å². The van der Waals surface area contributed by atoms with Gasteiger partial charge in [0.05, 0.1) is 22.7 Å². The van der Waals surface area contributed by atoms with Crippen LogP contribution in [-0.4, -0.2) is 45.5 Å². The summed E-state index contributed by atoms with van der Waals surface area (Å²) >= 11 is 0. The third-order valence-corrected chi connectivity index (χ3v) is 6.71. The van der Waals surface area contributed by atoms with Crippen molar-refractivity contribution >= 4 is 26.4 Å². The lowest BCUT2D eigenvalue weighted by atomic mass is 10.1. The maximum absolute atomic E-state index is 12.9. The van der Waals surface area contributed by atoms with E-state index in [1.54, 1.807) is 30.5 Å². The molecule has 4 aromatic rings. The summed E-state index contributed by atoms with van der Waals surface area (Å²) in [5, 5.41) is 24.6. The topological polar surface area (TPSA) is 109 Å². The van der Waals surface area contributed by atoms with Crippen LogP contribution in [0.5, 0.6) is 0 Å². The van der Waals surface area contributed by atoms with Crippen LogP contribution in [0.4, 0.5) is 0 Å². The Morgan fingerprint density at radius 1 is 1.07 bits per heavy atom. The minimum Gasteiger partial charge on any atom is -0.394 e. The van der Waals surface area contributed by atoms with E-state index in [1.807, 2.05) is 38.1 Å². The van der Waals surface area contributed by atoms with Crippen molar-refractivity contribution in [3.8, 4) is 11.4 Å². The number of hydrogen-bond donors (Lipinski definition) is 2. The maximum atomic E-state index is 12.9. The van der Waals surface area contributed by atoms with Gasteiger partial charge in [-0.25, -0.2) is 13.1 Å². The van der Waals surface area contributed by atoms with Crippen LogP contribution < -0.4 is 4.72 Å². The van der Waals surface area contributed by atoms with Gasteiger partial charge in [0.25, 0.3) is 0 Å². The van der Waals surface area contributed by atoms with E-state index in [2.05, 4.69) is 20.0 Å². The fourth-order valence-electron chi connectivity index (χ4n) is 3.37. The van der Waals surface area contributed by atoms with Crippen LogP contribution in [0.3, 0.4) is 0 Å². The number of nitrogens with one attached hydrogen (secondary N) is 1. The van der Waals surface area contributed by atoms with E-state index in [4.69, 9.17) is 0 Å². The summed E-state index contributed by atoms with van der Waals surface area (Å²) < 4.78 is 29.9. The van der Waals surface area contributed by atoms with E-state index in [-0.39, 0.29) is 11.5 Å². The molecule has 0 fully saturated rings. The molecule has 0 amide bonds. The van der Waals surface area contributed by atoms with Gasteiger partial charge in [0.2, 0.25) is 10.0 Å². The number of nitrogens with zero attached hydrogens (tertiary/aromatic N) is 4. The highest BCUT2D eigenvalue weighted by atomic mass is 32.2. The van der Waals surface area contributed by atoms with Crippen molar-refractivity contribution < 1.29 is 13.5 Å². The molecule has 0 radical (unpaired) electrons. The summed E-state index contributed by atoms with van der Waals surface area (Å²) in [4.78, 5) is 0.0823. The predicted octanol–water partition coefficient (Wildman–Crippen LogP) is 2.61. The van der Waals surface area contributed by atoms with Crippen molar-refractivity contribution in [3.63, 3.8) is 0 Å². The first kappa shape index (κ1) is 20.4. The largest absolute Gasteiger partial charge is 0.394 e. The predicted molar refractivity (Wildman–Crippen MR) is 115 cm³/mol. The van der Waals surface area contributed by atoms with E-state index >= 15 is 0 Å². The minimum atomic E-state index is -3.84. The summed E-state index contributed by atoms with van der Waals surface area (Å²) in [5.41, 5.74) is 1.92. The van der Waals surface area contributed by atoms with Crippen LogP contribution in [0.1, 0.15) is 25.1 Å². The van der Waals surface area contributed by atoms with Crippen LogP contribution in [0, 0.1) is 13.8 Å². The van der Waals surface area contributed by atoms with Crippen LogP contribution in [0.15, 0.2) is 47.4 Å². The van der Waals surface area contributed by atoms with Crippen LogP contribution in [-0.2, 0) is 10.0 Å². The van der Waals surface area contributed by atoms with Gasteiger partial charge in [-0.05, 0) is 45.4 Å². The number of rotatable bonds is 5. The molecule has 0 bridgehead atoms.